The molecule has 4 aromatic heterocycles. The highest BCUT2D eigenvalue weighted by Crippen LogP contribution is 2.31. The van der Waals surface area contributed by atoms with E-state index < -0.39 is 0 Å². The van der Waals surface area contributed by atoms with Gasteiger partial charge in [-0.3, -0.25) is 9.78 Å². The number of rotatable bonds is 4. The van der Waals surface area contributed by atoms with E-state index in [1.807, 2.05) is 47.6 Å². The van der Waals surface area contributed by atoms with Crippen molar-refractivity contribution in [2.24, 2.45) is 5.73 Å². The molecule has 1 fully saturated rings. The van der Waals surface area contributed by atoms with E-state index in [0.29, 0.717) is 18.7 Å². The first-order valence-electron chi connectivity index (χ1n) is 12.1. The Morgan fingerprint density at radius 3 is 2.80 bits per heavy atom. The molecule has 0 aliphatic carbocycles. The van der Waals surface area contributed by atoms with Crippen molar-refractivity contribution in [3.05, 3.63) is 90.0 Å². The average Bonchev–Trinajstić information content (AvgIpc) is 3.41. The largest absolute Gasteiger partial charge is 0.337 e. The Morgan fingerprint density at radius 2 is 1.97 bits per heavy atom. The highest BCUT2D eigenvalue weighted by atomic mass is 16.2. The number of hydrogen-bond donors (Lipinski definition) is 1. The van der Waals surface area contributed by atoms with E-state index in [9.17, 15) is 4.79 Å². The fraction of sp³-hybridized carbons (Fsp3) is 0.250. The molecule has 1 aromatic carbocycles. The molecule has 1 amide bonds. The molecule has 5 aromatic rings. The molecule has 1 aliphatic rings. The number of pyridine rings is 2. The number of imidazole rings is 1. The van der Waals surface area contributed by atoms with Gasteiger partial charge in [-0.1, -0.05) is 24.3 Å². The van der Waals surface area contributed by atoms with Crippen LogP contribution in [0.5, 0.6) is 0 Å². The average molecular weight is 465 g/mol. The number of fused-ring (bicyclic) bond motifs is 2. The minimum Gasteiger partial charge on any atom is -0.337 e. The molecule has 7 heteroatoms. The second-order valence-corrected chi connectivity index (χ2v) is 9.34. The monoisotopic (exact) mass is 464 g/mol. The van der Waals surface area contributed by atoms with Crippen LogP contribution in [0.4, 0.5) is 0 Å². The van der Waals surface area contributed by atoms with Crippen LogP contribution in [0, 0.1) is 6.92 Å². The molecule has 0 bridgehead atoms. The Morgan fingerprint density at radius 1 is 1.11 bits per heavy atom. The first-order chi connectivity index (χ1) is 17.1. The Kier molecular flexibility index (Phi) is 5.34. The predicted molar refractivity (Wildman–Crippen MR) is 137 cm³/mol. The Bertz CT molecular complexity index is 1530. The standard InChI is InChI=1S/C28H28N6O/c1-19-27(25-15-20-7-2-3-10-24(20)34(25)18-23-9-4-5-12-30-23)31-26-16-21(11-14-33(19)26)28(35)32-13-6-8-22(29)17-32/h2-5,7,9-12,14-16,22H,6,8,13,17-18,29H2,1H3. The van der Waals surface area contributed by atoms with Crippen molar-refractivity contribution in [1.82, 2.24) is 23.8 Å². The van der Waals surface area contributed by atoms with Gasteiger partial charge in [0.25, 0.3) is 5.91 Å². The summed E-state index contributed by atoms with van der Waals surface area (Å²) in [7, 11) is 0. The van der Waals surface area contributed by atoms with E-state index in [-0.39, 0.29) is 11.9 Å². The van der Waals surface area contributed by atoms with Gasteiger partial charge in [0, 0.05) is 53.7 Å². The third-order valence-corrected chi connectivity index (χ3v) is 6.96. The predicted octanol–water partition coefficient (Wildman–Crippen LogP) is 4.27. The zero-order chi connectivity index (χ0) is 23.9. The molecule has 7 nitrogen and oxygen atoms in total. The number of amides is 1. The zero-order valence-electron chi connectivity index (χ0n) is 19.8. The molecule has 1 unspecified atom stereocenters. The number of nitrogens with two attached hydrogens (primary N) is 1. The van der Waals surface area contributed by atoms with Crippen LogP contribution in [0.1, 0.15) is 34.6 Å². The molecule has 1 atom stereocenters. The van der Waals surface area contributed by atoms with Crippen molar-refractivity contribution in [2.75, 3.05) is 13.1 Å². The van der Waals surface area contributed by atoms with Gasteiger partial charge < -0.3 is 19.6 Å². The number of aryl methyl sites for hydroxylation is 1. The van der Waals surface area contributed by atoms with Gasteiger partial charge in [0.2, 0.25) is 0 Å². The lowest BCUT2D eigenvalue weighted by atomic mass is 10.1. The van der Waals surface area contributed by atoms with Crippen LogP contribution in [0.25, 0.3) is 27.9 Å². The van der Waals surface area contributed by atoms with Gasteiger partial charge in [0.15, 0.2) is 0 Å². The number of likely N-dealkylation sites (tertiary alicyclic amines) is 1. The van der Waals surface area contributed by atoms with Crippen molar-refractivity contribution in [1.29, 1.82) is 0 Å². The van der Waals surface area contributed by atoms with Gasteiger partial charge in [-0.25, -0.2) is 4.98 Å². The molecule has 0 radical (unpaired) electrons. The zero-order valence-corrected chi connectivity index (χ0v) is 19.8. The molecule has 0 spiro atoms. The number of carbonyl (C=O) groups is 1. The van der Waals surface area contributed by atoms with Crippen molar-refractivity contribution >= 4 is 22.5 Å². The molecule has 0 saturated carbocycles. The van der Waals surface area contributed by atoms with Gasteiger partial charge in [-0.15, -0.1) is 0 Å². The minimum atomic E-state index is 0.0223. The Balaban J connectivity index is 1.43. The summed E-state index contributed by atoms with van der Waals surface area (Å²) in [5, 5.41) is 1.16. The smallest absolute Gasteiger partial charge is 0.254 e. The number of benzene rings is 1. The maximum Gasteiger partial charge on any atom is 0.254 e. The third-order valence-electron chi connectivity index (χ3n) is 6.96. The Hall–Kier alpha value is -3.97. The van der Waals surface area contributed by atoms with Gasteiger partial charge in [-0.05, 0) is 56.2 Å². The molecule has 35 heavy (non-hydrogen) atoms. The summed E-state index contributed by atoms with van der Waals surface area (Å²) in [4.78, 5) is 24.6. The number of nitrogens with zero attached hydrogens (tertiary/aromatic N) is 5. The fourth-order valence-electron chi connectivity index (χ4n) is 5.15. The summed E-state index contributed by atoms with van der Waals surface area (Å²) in [6, 6.07) is 20.4. The van der Waals surface area contributed by atoms with E-state index in [2.05, 4.69) is 51.2 Å². The van der Waals surface area contributed by atoms with Crippen LogP contribution < -0.4 is 5.73 Å². The molecular formula is C28H28N6O. The van der Waals surface area contributed by atoms with Crippen LogP contribution in [0.15, 0.2) is 73.1 Å². The summed E-state index contributed by atoms with van der Waals surface area (Å²) in [6.07, 6.45) is 5.69. The molecular weight excluding hydrogens is 436 g/mol. The highest BCUT2D eigenvalue weighted by Gasteiger charge is 2.24. The maximum absolute atomic E-state index is 13.1. The number of hydrogen-bond acceptors (Lipinski definition) is 4. The van der Waals surface area contributed by atoms with E-state index >= 15 is 0 Å². The van der Waals surface area contributed by atoms with Crippen LogP contribution >= 0.6 is 0 Å². The van der Waals surface area contributed by atoms with Crippen molar-refractivity contribution in [2.45, 2.75) is 32.4 Å². The van der Waals surface area contributed by atoms with Crippen molar-refractivity contribution in [3.8, 4) is 11.4 Å². The lowest BCUT2D eigenvalue weighted by Gasteiger charge is -2.30. The van der Waals surface area contributed by atoms with E-state index in [1.54, 1.807) is 0 Å². The van der Waals surface area contributed by atoms with Gasteiger partial charge in [-0.2, -0.15) is 0 Å². The summed E-state index contributed by atoms with van der Waals surface area (Å²) in [6.45, 7) is 4.08. The van der Waals surface area contributed by atoms with Gasteiger partial charge in [0.1, 0.15) is 11.3 Å². The van der Waals surface area contributed by atoms with Gasteiger partial charge >= 0.3 is 0 Å². The summed E-state index contributed by atoms with van der Waals surface area (Å²) >= 11 is 0. The Labute approximate surface area is 203 Å². The summed E-state index contributed by atoms with van der Waals surface area (Å²) in [5.74, 6) is 0.0223. The van der Waals surface area contributed by atoms with E-state index in [1.165, 1.54) is 0 Å². The lowest BCUT2D eigenvalue weighted by molar-refractivity contribution is 0.0709. The van der Waals surface area contributed by atoms with Crippen LogP contribution in [0.3, 0.4) is 0 Å². The molecule has 5 heterocycles. The molecule has 6 rings (SSSR count). The number of carbonyl (C=O) groups excluding carboxylic acids is 1. The van der Waals surface area contributed by atoms with Crippen LogP contribution in [0.2, 0.25) is 0 Å². The first kappa shape index (κ1) is 21.6. The van der Waals surface area contributed by atoms with Gasteiger partial charge in [0.05, 0.1) is 17.9 Å². The van der Waals surface area contributed by atoms with Crippen LogP contribution in [-0.2, 0) is 6.54 Å². The third kappa shape index (κ3) is 3.88. The van der Waals surface area contributed by atoms with Crippen molar-refractivity contribution in [3.63, 3.8) is 0 Å². The minimum absolute atomic E-state index is 0.0223. The molecule has 2 N–H and O–H groups in total. The number of piperidine rings is 1. The molecule has 1 saturated heterocycles. The second kappa shape index (κ2) is 8.67. The molecule has 176 valence electrons. The highest BCUT2D eigenvalue weighted by molar-refractivity contribution is 5.95. The number of para-hydroxylation sites is 1. The SMILES string of the molecule is Cc1c(-c2cc3ccccc3n2Cc2ccccn2)nc2cc(C(=O)N3CCCC(N)C3)ccn12. The van der Waals surface area contributed by atoms with E-state index in [4.69, 9.17) is 10.7 Å². The van der Waals surface area contributed by atoms with Crippen LogP contribution in [-0.4, -0.2) is 48.9 Å². The summed E-state index contributed by atoms with van der Waals surface area (Å²) in [5.41, 5.74) is 12.6. The van der Waals surface area contributed by atoms with E-state index in [0.717, 1.165) is 58.7 Å². The topological polar surface area (TPSA) is 81.5 Å². The second-order valence-electron chi connectivity index (χ2n) is 9.34. The quantitative estimate of drug-likeness (QED) is 0.431. The lowest BCUT2D eigenvalue weighted by Crippen LogP contribution is -2.45. The maximum atomic E-state index is 13.1. The first-order valence-corrected chi connectivity index (χ1v) is 12.1. The molecule has 1 aliphatic heterocycles. The number of aromatic nitrogens is 4. The normalized spacial score (nSPS) is 16.3. The fourth-order valence-corrected chi connectivity index (χ4v) is 5.15. The van der Waals surface area contributed by atoms with Crippen molar-refractivity contribution < 1.29 is 4.79 Å². The summed E-state index contributed by atoms with van der Waals surface area (Å²) < 4.78 is 4.32.